The normalized spacial score (nSPS) is 13.6. The van der Waals surface area contributed by atoms with Gasteiger partial charge in [0, 0.05) is 12.8 Å². The summed E-state index contributed by atoms with van der Waals surface area (Å²) in [6.45, 7) is 6.10. The van der Waals surface area contributed by atoms with E-state index in [-0.39, 0.29) is 32.0 Å². The van der Waals surface area contributed by atoms with Crippen molar-refractivity contribution in [2.45, 2.75) is 207 Å². The zero-order chi connectivity index (χ0) is 55.7. The number of esters is 3. The summed E-state index contributed by atoms with van der Waals surface area (Å²) in [4.78, 5) is 38.0. The summed E-state index contributed by atoms with van der Waals surface area (Å²) < 4.78 is 16.6. The number of carbonyl (C=O) groups is 3. The number of rotatable bonds is 50. The summed E-state index contributed by atoms with van der Waals surface area (Å²) in [5.41, 5.74) is 0. The number of unbranched alkanes of at least 4 members (excludes halogenated alkanes) is 6. The van der Waals surface area contributed by atoms with E-state index in [9.17, 15) is 14.4 Å². The predicted octanol–water partition coefficient (Wildman–Crippen LogP) is 20.4. The van der Waals surface area contributed by atoms with Crippen LogP contribution in [-0.4, -0.2) is 37.2 Å². The van der Waals surface area contributed by atoms with Gasteiger partial charge in [0.2, 0.25) is 0 Å². The van der Waals surface area contributed by atoms with Crippen LogP contribution in [0.2, 0.25) is 0 Å². The standard InChI is InChI=1S/C71H104O6/c1-4-7-10-13-16-19-22-25-27-28-29-30-31-32-33-34-35-36-37-38-39-40-41-42-44-46-49-52-55-58-61-64-70(73)76-67-68(66-75-69(72)63-60-57-54-51-48-45-24-21-18-15-12-9-6-3)77-71(74)65-62-59-56-53-50-47-43-26-23-20-17-14-11-8-5-2/h7-12,16-21,25-27,29-30,32-33,35-36,38-39,41-43,45,48,50,53-54,57,59,62,68H,4-6,13-15,22-24,28,31,34,37,40,44,46-47,49,51-52,55-56,58,60-61,63-67H2,1-3H3/b10-7-,11-8-,12-9-,19-16-,20-17-,21-18-,27-25-,30-29-,33-32-,36-35-,39-38-,42-41-,43-26-,48-45-,53-50-,57-54-,62-59-. The first-order chi connectivity index (χ1) is 38.0. The molecule has 0 fully saturated rings. The average molecular weight is 1050 g/mol. The highest BCUT2D eigenvalue weighted by Gasteiger charge is 2.19. The molecule has 0 N–H and O–H groups in total. The van der Waals surface area contributed by atoms with Crippen LogP contribution in [0.4, 0.5) is 0 Å². The molecule has 0 aromatic heterocycles. The molecule has 424 valence electrons. The summed E-state index contributed by atoms with van der Waals surface area (Å²) in [6.07, 6.45) is 97.3. The topological polar surface area (TPSA) is 78.9 Å². The van der Waals surface area contributed by atoms with Crippen LogP contribution in [0, 0.1) is 0 Å². The Morgan fingerprint density at radius 2 is 0.532 bits per heavy atom. The van der Waals surface area contributed by atoms with E-state index in [0.717, 1.165) is 141 Å². The van der Waals surface area contributed by atoms with E-state index < -0.39 is 18.0 Å². The second kappa shape index (κ2) is 62.5. The first-order valence-corrected chi connectivity index (χ1v) is 29.6. The van der Waals surface area contributed by atoms with Crippen molar-refractivity contribution in [2.24, 2.45) is 0 Å². The van der Waals surface area contributed by atoms with E-state index in [4.69, 9.17) is 14.2 Å². The van der Waals surface area contributed by atoms with Gasteiger partial charge in [-0.15, -0.1) is 0 Å². The van der Waals surface area contributed by atoms with Crippen LogP contribution in [0.1, 0.15) is 201 Å². The molecule has 77 heavy (non-hydrogen) atoms. The van der Waals surface area contributed by atoms with Gasteiger partial charge in [-0.3, -0.25) is 14.4 Å². The smallest absolute Gasteiger partial charge is 0.310 e. The molecule has 0 rings (SSSR count). The molecule has 0 spiro atoms. The van der Waals surface area contributed by atoms with E-state index in [2.05, 4.69) is 203 Å². The van der Waals surface area contributed by atoms with Crippen LogP contribution in [0.5, 0.6) is 0 Å². The second-order valence-corrected chi connectivity index (χ2v) is 18.4. The van der Waals surface area contributed by atoms with Gasteiger partial charge < -0.3 is 14.2 Å². The van der Waals surface area contributed by atoms with E-state index in [1.165, 1.54) is 6.42 Å². The molecule has 0 saturated carbocycles. The lowest BCUT2D eigenvalue weighted by Crippen LogP contribution is -2.30. The fourth-order valence-corrected chi connectivity index (χ4v) is 7.02. The number of hydrogen-bond acceptors (Lipinski definition) is 6. The van der Waals surface area contributed by atoms with E-state index in [1.54, 1.807) is 6.08 Å². The van der Waals surface area contributed by atoms with Gasteiger partial charge in [0.1, 0.15) is 13.2 Å². The van der Waals surface area contributed by atoms with Gasteiger partial charge in [0.15, 0.2) is 6.10 Å². The number of allylic oxidation sites excluding steroid dienone is 33. The molecule has 0 aromatic carbocycles. The van der Waals surface area contributed by atoms with Gasteiger partial charge in [-0.2, -0.15) is 0 Å². The van der Waals surface area contributed by atoms with Crippen molar-refractivity contribution in [1.29, 1.82) is 0 Å². The van der Waals surface area contributed by atoms with Crippen LogP contribution >= 0.6 is 0 Å². The maximum Gasteiger partial charge on any atom is 0.310 e. The van der Waals surface area contributed by atoms with E-state index in [1.807, 2.05) is 18.2 Å². The van der Waals surface area contributed by atoms with Crippen LogP contribution in [0.15, 0.2) is 207 Å². The Morgan fingerprint density at radius 3 is 0.870 bits per heavy atom. The molecular weight excluding hydrogens is 949 g/mol. The van der Waals surface area contributed by atoms with Gasteiger partial charge in [-0.1, -0.05) is 253 Å². The number of ether oxygens (including phenoxy) is 3. The first kappa shape index (κ1) is 71.0. The van der Waals surface area contributed by atoms with Crippen LogP contribution < -0.4 is 0 Å². The molecule has 1 unspecified atom stereocenters. The highest BCUT2D eigenvalue weighted by Crippen LogP contribution is 2.11. The quantitative estimate of drug-likeness (QED) is 0.0261. The molecule has 0 aliphatic carbocycles. The Hall–Kier alpha value is -6.01. The van der Waals surface area contributed by atoms with Crippen molar-refractivity contribution in [3.05, 3.63) is 207 Å². The zero-order valence-electron chi connectivity index (χ0n) is 48.4. The molecule has 0 bridgehead atoms. The minimum Gasteiger partial charge on any atom is -0.462 e. The highest BCUT2D eigenvalue weighted by atomic mass is 16.6. The summed E-state index contributed by atoms with van der Waals surface area (Å²) in [6, 6.07) is 0. The van der Waals surface area contributed by atoms with Crippen molar-refractivity contribution < 1.29 is 28.6 Å². The van der Waals surface area contributed by atoms with Crippen LogP contribution in [0.3, 0.4) is 0 Å². The lowest BCUT2D eigenvalue weighted by Gasteiger charge is -2.18. The molecular formula is C71H104O6. The van der Waals surface area contributed by atoms with E-state index in [0.29, 0.717) is 19.3 Å². The first-order valence-electron chi connectivity index (χ1n) is 29.6. The summed E-state index contributed by atoms with van der Waals surface area (Å²) in [7, 11) is 0. The molecule has 0 aliphatic rings. The SMILES string of the molecule is CC/C=C\C/C=C\C/C=C\C/C=C\C/C=C\C/C=C\C/C=C\C/C=C\CCCCCCCCC(=O)OCC(COC(=O)CC/C=C\C/C=C\C/C=C\C/C=C\CC)OC(=O)C/C=C\C/C=C\C/C=C\C/C=C\C/C=C\CC. The van der Waals surface area contributed by atoms with Crippen molar-refractivity contribution in [3.63, 3.8) is 0 Å². The maximum atomic E-state index is 12.8. The Morgan fingerprint density at radius 1 is 0.273 bits per heavy atom. The third-order valence-electron chi connectivity index (χ3n) is 11.3. The van der Waals surface area contributed by atoms with Gasteiger partial charge in [-0.05, 0) is 135 Å². The van der Waals surface area contributed by atoms with E-state index >= 15 is 0 Å². The summed E-state index contributed by atoms with van der Waals surface area (Å²) in [5, 5.41) is 0. The lowest BCUT2D eigenvalue weighted by atomic mass is 10.1. The fraction of sp³-hybridized carbons (Fsp3) is 0.479. The van der Waals surface area contributed by atoms with Crippen molar-refractivity contribution in [2.75, 3.05) is 13.2 Å². The Labute approximate surface area is 470 Å². The Bertz CT molecular complexity index is 1930. The molecule has 0 aliphatic heterocycles. The van der Waals surface area contributed by atoms with Gasteiger partial charge >= 0.3 is 17.9 Å². The molecule has 0 heterocycles. The Kier molecular flexibility index (Phi) is 57.6. The molecule has 0 saturated heterocycles. The highest BCUT2D eigenvalue weighted by molar-refractivity contribution is 5.72. The number of carbonyl (C=O) groups excluding carboxylic acids is 3. The van der Waals surface area contributed by atoms with Crippen molar-refractivity contribution in [3.8, 4) is 0 Å². The van der Waals surface area contributed by atoms with Crippen LogP contribution in [-0.2, 0) is 28.6 Å². The van der Waals surface area contributed by atoms with Gasteiger partial charge in [0.25, 0.3) is 0 Å². The zero-order valence-corrected chi connectivity index (χ0v) is 48.4. The largest absolute Gasteiger partial charge is 0.462 e. The molecule has 0 aromatic rings. The minimum atomic E-state index is -0.881. The average Bonchev–Trinajstić information content (AvgIpc) is 3.43. The fourth-order valence-electron chi connectivity index (χ4n) is 7.02. The minimum absolute atomic E-state index is 0.0672. The van der Waals surface area contributed by atoms with Crippen molar-refractivity contribution in [1.82, 2.24) is 0 Å². The van der Waals surface area contributed by atoms with Crippen molar-refractivity contribution >= 4 is 17.9 Å². The maximum absolute atomic E-state index is 12.8. The molecule has 6 nitrogen and oxygen atoms in total. The van der Waals surface area contributed by atoms with Gasteiger partial charge in [0.05, 0.1) is 6.42 Å². The molecule has 0 amide bonds. The summed E-state index contributed by atoms with van der Waals surface area (Å²) in [5.74, 6) is -1.20. The Balaban J connectivity index is 4.48. The summed E-state index contributed by atoms with van der Waals surface area (Å²) >= 11 is 0. The predicted molar refractivity (Wildman–Crippen MR) is 333 cm³/mol. The molecule has 6 heteroatoms. The lowest BCUT2D eigenvalue weighted by molar-refractivity contribution is -0.166. The van der Waals surface area contributed by atoms with Gasteiger partial charge in [-0.25, -0.2) is 0 Å². The number of hydrogen-bond donors (Lipinski definition) is 0. The monoisotopic (exact) mass is 1050 g/mol. The van der Waals surface area contributed by atoms with Crippen LogP contribution in [0.25, 0.3) is 0 Å². The molecule has 0 radical (unpaired) electrons. The third-order valence-corrected chi connectivity index (χ3v) is 11.3. The molecule has 1 atom stereocenters. The third kappa shape index (κ3) is 60.7. The second-order valence-electron chi connectivity index (χ2n) is 18.4.